The maximum Gasteiger partial charge on any atom is 0.168 e. The molecule has 0 aliphatic carbocycles. The smallest absolute Gasteiger partial charge is 0.168 e. The Morgan fingerprint density at radius 1 is 1.04 bits per heavy atom. The van der Waals surface area contributed by atoms with Gasteiger partial charge in [0.05, 0.1) is 0 Å². The van der Waals surface area contributed by atoms with Gasteiger partial charge in [-0.15, -0.1) is 0 Å². The van der Waals surface area contributed by atoms with E-state index < -0.39 is 8.07 Å². The summed E-state index contributed by atoms with van der Waals surface area (Å²) in [5.41, 5.74) is 4.44. The number of hydrogen-bond donors (Lipinski definition) is 0. The quantitative estimate of drug-likeness (QED) is 0.229. The van der Waals surface area contributed by atoms with Crippen LogP contribution < -0.4 is 0 Å². The van der Waals surface area contributed by atoms with E-state index in [4.69, 9.17) is 9.84 Å². The first-order valence-corrected chi connectivity index (χ1v) is 14.0. The average molecular weight is 409 g/mol. The van der Waals surface area contributed by atoms with Gasteiger partial charge in [-0.05, 0) is 18.2 Å². The lowest BCUT2D eigenvalue weighted by Gasteiger charge is -2.15. The number of nitrogens with zero attached hydrogens (tertiary/aromatic N) is 2. The van der Waals surface area contributed by atoms with Crippen LogP contribution in [-0.4, -0.2) is 30.7 Å². The second-order valence-electron chi connectivity index (χ2n) is 8.17. The van der Waals surface area contributed by atoms with Gasteiger partial charge in [-0.1, -0.05) is 67.8 Å². The zero-order valence-electron chi connectivity index (χ0n) is 16.4. The molecule has 0 saturated carbocycles. The van der Waals surface area contributed by atoms with Crippen molar-refractivity contribution in [3.8, 4) is 22.4 Å². The van der Waals surface area contributed by atoms with Crippen molar-refractivity contribution < 1.29 is 9.53 Å². The lowest BCUT2D eigenvalue weighted by molar-refractivity contribution is 0.0755. The molecule has 0 amide bonds. The number of ether oxygens (including phenoxy) is 1. The van der Waals surface area contributed by atoms with E-state index in [0.717, 1.165) is 44.5 Å². The van der Waals surface area contributed by atoms with Crippen molar-refractivity contribution in [1.82, 2.24) is 9.78 Å². The largest absolute Gasteiger partial charge is 0.360 e. The molecule has 1 aliphatic heterocycles. The van der Waals surface area contributed by atoms with Crippen molar-refractivity contribution in [3.05, 3.63) is 54.2 Å². The summed E-state index contributed by atoms with van der Waals surface area (Å²) in [6.45, 7) is 7.98. The van der Waals surface area contributed by atoms with Gasteiger partial charge in [0.25, 0.3) is 0 Å². The summed E-state index contributed by atoms with van der Waals surface area (Å²) in [6, 6.07) is 17.5. The molecule has 0 atom stereocenters. The van der Waals surface area contributed by atoms with Crippen LogP contribution in [0.1, 0.15) is 10.5 Å². The molecule has 0 unspecified atom stereocenters. The number of hydrogen-bond acceptors (Lipinski definition) is 4. The zero-order chi connectivity index (χ0) is 19.7. The molecule has 4 rings (SSSR count). The zero-order valence-corrected chi connectivity index (χ0v) is 18.3. The first kappa shape index (κ1) is 19.2. The summed E-state index contributed by atoms with van der Waals surface area (Å²) in [5.74, 6) is 0. The Kier molecular flexibility index (Phi) is 5.27. The van der Waals surface area contributed by atoms with E-state index in [-0.39, 0.29) is 0 Å². The van der Waals surface area contributed by atoms with Gasteiger partial charge in [0.1, 0.15) is 18.1 Å². The molecule has 1 aliphatic rings. The summed E-state index contributed by atoms with van der Waals surface area (Å²) in [7, 11) is -1.16. The van der Waals surface area contributed by atoms with Crippen molar-refractivity contribution in [2.75, 3.05) is 6.61 Å². The van der Waals surface area contributed by atoms with Crippen molar-refractivity contribution >= 4 is 26.1 Å². The van der Waals surface area contributed by atoms with Gasteiger partial charge in [-0.25, -0.2) is 4.68 Å². The Balaban J connectivity index is 1.78. The number of fused-ring (bicyclic) bond motifs is 5. The number of carbonyl (C=O) groups excluding carboxylic acids is 1. The molecule has 0 fully saturated rings. The summed E-state index contributed by atoms with van der Waals surface area (Å²) >= 11 is 1.72. The topological polar surface area (TPSA) is 44.1 Å². The van der Waals surface area contributed by atoms with E-state index in [1.165, 1.54) is 0 Å². The van der Waals surface area contributed by atoms with Crippen LogP contribution in [0.25, 0.3) is 22.4 Å². The molecule has 3 aromatic rings. The second kappa shape index (κ2) is 7.70. The Bertz CT molecular complexity index is 1020. The molecule has 0 N–H and O–H groups in total. The highest BCUT2D eigenvalue weighted by Gasteiger charge is 2.27. The lowest BCUT2D eigenvalue weighted by atomic mass is 9.99. The highest BCUT2D eigenvalue weighted by molar-refractivity contribution is 7.99. The summed E-state index contributed by atoms with van der Waals surface area (Å²) in [4.78, 5) is 14.4. The van der Waals surface area contributed by atoms with Crippen LogP contribution in [0.15, 0.2) is 58.3 Å². The molecule has 2 heterocycles. The minimum absolute atomic E-state index is 0.295. The van der Waals surface area contributed by atoms with Crippen LogP contribution >= 0.6 is 11.8 Å². The fraction of sp³-hybridized carbons (Fsp3) is 0.273. The SMILES string of the molecule is C[Si](C)(C)CCOCn1nc2c(c1C=O)-c1ccccc1Sc1ccccc1-2. The average Bonchev–Trinajstić information content (AvgIpc) is 2.97. The van der Waals surface area contributed by atoms with E-state index in [2.05, 4.69) is 43.9 Å². The molecule has 4 nitrogen and oxygen atoms in total. The number of aromatic nitrogens is 2. The maximum atomic E-state index is 12.1. The summed E-state index contributed by atoms with van der Waals surface area (Å²) in [5, 5.41) is 4.81. The normalized spacial score (nSPS) is 12.7. The van der Waals surface area contributed by atoms with E-state index in [1.807, 2.05) is 24.3 Å². The third kappa shape index (κ3) is 3.72. The van der Waals surface area contributed by atoms with Crippen LogP contribution in [-0.2, 0) is 11.5 Å². The molecular formula is C22H24N2O2SSi. The number of rotatable bonds is 6. The predicted molar refractivity (Wildman–Crippen MR) is 117 cm³/mol. The summed E-state index contributed by atoms with van der Waals surface area (Å²) < 4.78 is 7.61. The van der Waals surface area contributed by atoms with Crippen molar-refractivity contribution in [2.24, 2.45) is 0 Å². The summed E-state index contributed by atoms with van der Waals surface area (Å²) in [6.07, 6.45) is 0.906. The van der Waals surface area contributed by atoms with Crippen molar-refractivity contribution in [2.45, 2.75) is 42.2 Å². The van der Waals surface area contributed by atoms with E-state index >= 15 is 0 Å². The van der Waals surface area contributed by atoms with Crippen molar-refractivity contribution in [1.29, 1.82) is 0 Å². The van der Waals surface area contributed by atoms with Crippen LogP contribution in [0.2, 0.25) is 25.7 Å². The monoisotopic (exact) mass is 408 g/mol. The molecule has 28 heavy (non-hydrogen) atoms. The number of benzene rings is 2. The van der Waals surface area contributed by atoms with Gasteiger partial charge in [-0.3, -0.25) is 4.79 Å². The van der Waals surface area contributed by atoms with Gasteiger partial charge in [-0.2, -0.15) is 5.10 Å². The van der Waals surface area contributed by atoms with E-state index in [9.17, 15) is 4.79 Å². The first-order chi connectivity index (χ1) is 13.5. The first-order valence-electron chi connectivity index (χ1n) is 9.48. The van der Waals surface area contributed by atoms with Gasteiger partial charge < -0.3 is 4.74 Å². The van der Waals surface area contributed by atoms with Gasteiger partial charge >= 0.3 is 0 Å². The number of carbonyl (C=O) groups is 1. The molecule has 6 heteroatoms. The third-order valence-electron chi connectivity index (χ3n) is 4.83. The van der Waals surface area contributed by atoms with Crippen LogP contribution in [0.5, 0.6) is 0 Å². The van der Waals surface area contributed by atoms with E-state index in [1.54, 1.807) is 16.4 Å². The Hall–Kier alpha value is -2.15. The van der Waals surface area contributed by atoms with Gasteiger partial charge in [0, 0.05) is 41.2 Å². The predicted octanol–water partition coefficient (Wildman–Crippen LogP) is 5.81. The molecular weight excluding hydrogens is 384 g/mol. The second-order valence-corrected chi connectivity index (χ2v) is 14.9. The highest BCUT2D eigenvalue weighted by Crippen LogP contribution is 2.48. The minimum atomic E-state index is -1.16. The van der Waals surface area contributed by atoms with Crippen LogP contribution in [0.4, 0.5) is 0 Å². The molecule has 0 saturated heterocycles. The minimum Gasteiger partial charge on any atom is -0.360 e. The molecule has 144 valence electrons. The van der Waals surface area contributed by atoms with Gasteiger partial charge in [0.15, 0.2) is 6.29 Å². The third-order valence-corrected chi connectivity index (χ3v) is 7.69. The Morgan fingerprint density at radius 3 is 2.36 bits per heavy atom. The molecule has 1 aromatic heterocycles. The van der Waals surface area contributed by atoms with Crippen LogP contribution in [0.3, 0.4) is 0 Å². The Morgan fingerprint density at radius 2 is 1.68 bits per heavy atom. The fourth-order valence-electron chi connectivity index (χ4n) is 3.31. The molecule has 0 radical (unpaired) electrons. The molecule has 0 spiro atoms. The van der Waals surface area contributed by atoms with E-state index in [0.29, 0.717) is 19.0 Å². The fourth-order valence-corrected chi connectivity index (χ4v) is 5.15. The standard InChI is InChI=1S/C22H24N2O2SSi/c1-28(2,3)13-12-26-15-24-18(14-25)21-16-8-4-6-10-19(16)27-20-11-7-5-9-17(20)22(21)23-24/h4-11,14H,12-13,15H2,1-3H3. The lowest BCUT2D eigenvalue weighted by Crippen LogP contribution is -2.22. The maximum absolute atomic E-state index is 12.1. The van der Waals surface area contributed by atoms with Crippen LogP contribution in [0, 0.1) is 0 Å². The molecule has 2 aromatic carbocycles. The highest BCUT2D eigenvalue weighted by atomic mass is 32.2. The van der Waals surface area contributed by atoms with Crippen molar-refractivity contribution in [3.63, 3.8) is 0 Å². The molecule has 0 bridgehead atoms. The van der Waals surface area contributed by atoms with Gasteiger partial charge in [0.2, 0.25) is 0 Å². The Labute approximate surface area is 170 Å². The number of aldehydes is 1.